The SMILES string of the molecule is Cc1cccc2c(COc3ccc(F)cc3)coc12. The molecule has 3 aromatic rings. The van der Waals surface area contributed by atoms with E-state index in [0.717, 1.165) is 22.1 Å². The van der Waals surface area contributed by atoms with Crippen molar-refractivity contribution in [3.05, 3.63) is 65.7 Å². The molecular formula is C16H13FO2. The average molecular weight is 256 g/mol. The van der Waals surface area contributed by atoms with Crippen molar-refractivity contribution in [3.63, 3.8) is 0 Å². The van der Waals surface area contributed by atoms with Crippen LogP contribution in [0.5, 0.6) is 5.75 Å². The minimum atomic E-state index is -0.267. The van der Waals surface area contributed by atoms with Crippen molar-refractivity contribution in [2.24, 2.45) is 0 Å². The van der Waals surface area contributed by atoms with Crippen molar-refractivity contribution in [1.82, 2.24) is 0 Å². The summed E-state index contributed by atoms with van der Waals surface area (Å²) >= 11 is 0. The molecule has 96 valence electrons. The minimum absolute atomic E-state index is 0.267. The molecule has 1 heterocycles. The summed E-state index contributed by atoms with van der Waals surface area (Å²) in [7, 11) is 0. The van der Waals surface area contributed by atoms with Crippen LogP contribution in [0.4, 0.5) is 4.39 Å². The molecular weight excluding hydrogens is 243 g/mol. The van der Waals surface area contributed by atoms with Crippen molar-refractivity contribution in [1.29, 1.82) is 0 Å². The molecule has 0 fully saturated rings. The molecule has 0 atom stereocenters. The van der Waals surface area contributed by atoms with E-state index in [2.05, 4.69) is 0 Å². The maximum atomic E-state index is 12.8. The second-order valence-corrected chi connectivity index (χ2v) is 4.46. The largest absolute Gasteiger partial charge is 0.489 e. The third-order valence-electron chi connectivity index (χ3n) is 3.08. The molecule has 0 spiro atoms. The first kappa shape index (κ1) is 11.8. The van der Waals surface area contributed by atoms with Gasteiger partial charge in [-0.2, -0.15) is 0 Å². The Morgan fingerprint density at radius 1 is 1.11 bits per heavy atom. The Morgan fingerprint density at radius 2 is 1.89 bits per heavy atom. The Morgan fingerprint density at radius 3 is 2.68 bits per heavy atom. The Hall–Kier alpha value is -2.29. The second-order valence-electron chi connectivity index (χ2n) is 4.46. The fourth-order valence-electron chi connectivity index (χ4n) is 2.06. The summed E-state index contributed by atoms with van der Waals surface area (Å²) < 4.78 is 24.0. The number of aryl methyl sites for hydroxylation is 1. The molecule has 2 aromatic carbocycles. The molecule has 1 aromatic heterocycles. The molecule has 0 amide bonds. The van der Waals surface area contributed by atoms with Crippen LogP contribution in [-0.2, 0) is 6.61 Å². The van der Waals surface area contributed by atoms with Crippen LogP contribution in [0.1, 0.15) is 11.1 Å². The van der Waals surface area contributed by atoms with E-state index in [9.17, 15) is 4.39 Å². The van der Waals surface area contributed by atoms with Gasteiger partial charge in [-0.15, -0.1) is 0 Å². The summed E-state index contributed by atoms with van der Waals surface area (Å²) in [5.74, 6) is 0.375. The molecule has 0 bridgehead atoms. The molecule has 0 N–H and O–H groups in total. The zero-order valence-electron chi connectivity index (χ0n) is 10.5. The highest BCUT2D eigenvalue weighted by Crippen LogP contribution is 2.25. The predicted octanol–water partition coefficient (Wildman–Crippen LogP) is 4.46. The van der Waals surface area contributed by atoms with Crippen LogP contribution in [0.15, 0.2) is 53.1 Å². The number of fused-ring (bicyclic) bond motifs is 1. The van der Waals surface area contributed by atoms with Crippen molar-refractivity contribution < 1.29 is 13.5 Å². The van der Waals surface area contributed by atoms with Gasteiger partial charge in [0.15, 0.2) is 0 Å². The smallest absolute Gasteiger partial charge is 0.137 e. The fourth-order valence-corrected chi connectivity index (χ4v) is 2.06. The first-order chi connectivity index (χ1) is 9.24. The highest BCUT2D eigenvalue weighted by Gasteiger charge is 2.08. The maximum Gasteiger partial charge on any atom is 0.137 e. The summed E-state index contributed by atoms with van der Waals surface area (Å²) in [6, 6.07) is 12.0. The molecule has 2 nitrogen and oxygen atoms in total. The monoisotopic (exact) mass is 256 g/mol. The maximum absolute atomic E-state index is 12.8. The van der Waals surface area contributed by atoms with Crippen LogP contribution in [0.2, 0.25) is 0 Å². The Bertz CT molecular complexity index is 698. The van der Waals surface area contributed by atoms with Crippen LogP contribution in [-0.4, -0.2) is 0 Å². The molecule has 0 aliphatic heterocycles. The molecule has 3 heteroatoms. The number of furan rings is 1. The lowest BCUT2D eigenvalue weighted by Gasteiger charge is -2.04. The number of benzene rings is 2. The first-order valence-electron chi connectivity index (χ1n) is 6.08. The van der Waals surface area contributed by atoms with E-state index in [1.165, 1.54) is 12.1 Å². The van der Waals surface area contributed by atoms with E-state index in [-0.39, 0.29) is 5.82 Å². The van der Waals surface area contributed by atoms with E-state index >= 15 is 0 Å². The van der Waals surface area contributed by atoms with Gasteiger partial charge in [-0.05, 0) is 36.8 Å². The van der Waals surface area contributed by atoms with Gasteiger partial charge in [0, 0.05) is 10.9 Å². The molecule has 0 aliphatic rings. The van der Waals surface area contributed by atoms with E-state index in [0.29, 0.717) is 12.4 Å². The minimum Gasteiger partial charge on any atom is -0.489 e. The number of rotatable bonds is 3. The topological polar surface area (TPSA) is 22.4 Å². The highest BCUT2D eigenvalue weighted by molar-refractivity contribution is 5.83. The lowest BCUT2D eigenvalue weighted by atomic mass is 10.1. The van der Waals surface area contributed by atoms with E-state index in [1.54, 1.807) is 18.4 Å². The van der Waals surface area contributed by atoms with E-state index < -0.39 is 0 Å². The van der Waals surface area contributed by atoms with Gasteiger partial charge in [0.2, 0.25) is 0 Å². The third-order valence-corrected chi connectivity index (χ3v) is 3.08. The predicted molar refractivity (Wildman–Crippen MR) is 71.7 cm³/mol. The van der Waals surface area contributed by atoms with Crippen molar-refractivity contribution in [2.45, 2.75) is 13.5 Å². The summed E-state index contributed by atoms with van der Waals surface area (Å²) in [6.45, 7) is 2.42. The lowest BCUT2D eigenvalue weighted by molar-refractivity contribution is 0.305. The fraction of sp³-hybridized carbons (Fsp3) is 0.125. The van der Waals surface area contributed by atoms with Crippen molar-refractivity contribution in [2.75, 3.05) is 0 Å². The van der Waals surface area contributed by atoms with Gasteiger partial charge in [0.1, 0.15) is 23.8 Å². The van der Waals surface area contributed by atoms with Gasteiger partial charge in [-0.25, -0.2) is 4.39 Å². The van der Waals surface area contributed by atoms with Gasteiger partial charge >= 0.3 is 0 Å². The molecule has 3 rings (SSSR count). The Labute approximate surface area is 110 Å². The number of hydrogen-bond donors (Lipinski definition) is 0. The van der Waals surface area contributed by atoms with Crippen molar-refractivity contribution >= 4 is 11.0 Å². The number of para-hydroxylation sites is 1. The zero-order valence-corrected chi connectivity index (χ0v) is 10.5. The summed E-state index contributed by atoms with van der Waals surface area (Å²) in [6.07, 6.45) is 1.71. The van der Waals surface area contributed by atoms with Crippen LogP contribution in [0.3, 0.4) is 0 Å². The molecule has 0 saturated carbocycles. The molecule has 0 radical (unpaired) electrons. The van der Waals surface area contributed by atoms with E-state index in [4.69, 9.17) is 9.15 Å². The van der Waals surface area contributed by atoms with Gasteiger partial charge in [0.25, 0.3) is 0 Å². The second kappa shape index (κ2) is 4.76. The van der Waals surface area contributed by atoms with Crippen LogP contribution in [0.25, 0.3) is 11.0 Å². The van der Waals surface area contributed by atoms with Crippen molar-refractivity contribution in [3.8, 4) is 5.75 Å². The standard InChI is InChI=1S/C16H13FO2/c1-11-3-2-4-15-12(10-19-16(11)15)9-18-14-7-5-13(17)6-8-14/h2-8,10H,9H2,1H3. The number of ether oxygens (including phenoxy) is 1. The van der Waals surface area contributed by atoms with E-state index in [1.807, 2.05) is 25.1 Å². The van der Waals surface area contributed by atoms with Gasteiger partial charge in [0.05, 0.1) is 6.26 Å². The highest BCUT2D eigenvalue weighted by atomic mass is 19.1. The summed E-state index contributed by atoms with van der Waals surface area (Å²) in [4.78, 5) is 0. The zero-order chi connectivity index (χ0) is 13.2. The summed E-state index contributed by atoms with van der Waals surface area (Å²) in [5, 5.41) is 1.06. The molecule has 19 heavy (non-hydrogen) atoms. The quantitative estimate of drug-likeness (QED) is 0.690. The summed E-state index contributed by atoms with van der Waals surface area (Å²) in [5.41, 5.74) is 2.98. The molecule has 0 aliphatic carbocycles. The molecule has 0 saturated heterocycles. The Kier molecular flexibility index (Phi) is 2.95. The molecule has 0 unspecified atom stereocenters. The van der Waals surface area contributed by atoms with Gasteiger partial charge < -0.3 is 9.15 Å². The van der Waals surface area contributed by atoms with Gasteiger partial charge in [-0.3, -0.25) is 0 Å². The number of hydrogen-bond acceptors (Lipinski definition) is 2. The first-order valence-corrected chi connectivity index (χ1v) is 6.08. The van der Waals surface area contributed by atoms with Crippen LogP contribution < -0.4 is 4.74 Å². The number of halogens is 1. The third kappa shape index (κ3) is 2.32. The normalized spacial score (nSPS) is 10.8. The van der Waals surface area contributed by atoms with Crippen LogP contribution >= 0.6 is 0 Å². The Balaban J connectivity index is 1.82. The average Bonchev–Trinajstić information content (AvgIpc) is 2.83. The van der Waals surface area contributed by atoms with Crippen LogP contribution in [0, 0.1) is 12.7 Å². The van der Waals surface area contributed by atoms with Gasteiger partial charge in [-0.1, -0.05) is 18.2 Å². The lowest BCUT2D eigenvalue weighted by Crippen LogP contribution is -1.94.